The number of hydrogen-bond donors (Lipinski definition) is 1. The van der Waals surface area contributed by atoms with Gasteiger partial charge in [0, 0.05) is 11.0 Å². The van der Waals surface area contributed by atoms with Crippen molar-refractivity contribution in [3.05, 3.63) is 0 Å². The second kappa shape index (κ2) is 6.55. The molecule has 0 radical (unpaired) electrons. The molecule has 0 aromatic carbocycles. The van der Waals surface area contributed by atoms with Gasteiger partial charge in [0.2, 0.25) is 10.0 Å². The van der Waals surface area contributed by atoms with Crippen LogP contribution in [0.25, 0.3) is 0 Å². The Hall–Kier alpha value is 0.110. The molecule has 0 atom stereocenters. The normalized spacial score (nSPS) is 11.2. The average Bonchev–Trinajstić information content (AvgIpc) is 1.94. The second-order valence-corrected chi connectivity index (χ2v) is 5.22. The van der Waals surface area contributed by atoms with Gasteiger partial charge in [0.1, 0.15) is 6.61 Å². The number of carbonyl (C=O) groups is 1. The predicted octanol–water partition coefficient (Wildman–Crippen LogP) is -0.0961. The quantitative estimate of drug-likeness (QED) is 0.421. The van der Waals surface area contributed by atoms with Gasteiger partial charge in [-0.3, -0.25) is 9.52 Å². The molecule has 0 aromatic heterocycles. The van der Waals surface area contributed by atoms with Crippen LogP contribution < -0.4 is 4.72 Å². The molecule has 0 aliphatic rings. The largest absolute Gasteiger partial charge is 0.372 e. The molecule has 0 aromatic rings. The third kappa shape index (κ3) is 10.0. The van der Waals surface area contributed by atoms with Crippen molar-refractivity contribution in [1.29, 1.82) is 0 Å². The number of alkyl halides is 1. The summed E-state index contributed by atoms with van der Waals surface area (Å²) in [5, 5.41) is 0. The lowest BCUT2D eigenvalue weighted by Crippen LogP contribution is -2.32. The second-order valence-electron chi connectivity index (χ2n) is 2.39. The van der Waals surface area contributed by atoms with E-state index in [1.165, 1.54) is 0 Å². The zero-order valence-corrected chi connectivity index (χ0v) is 10.2. The molecule has 0 saturated heterocycles. The summed E-state index contributed by atoms with van der Waals surface area (Å²) in [6, 6.07) is 0. The highest BCUT2D eigenvalue weighted by Crippen LogP contribution is 1.89. The number of nitrogens with one attached hydrogen (secondary N) is 1. The van der Waals surface area contributed by atoms with Gasteiger partial charge in [0.05, 0.1) is 6.26 Å². The number of halogens is 1. The van der Waals surface area contributed by atoms with E-state index >= 15 is 0 Å². The van der Waals surface area contributed by atoms with Gasteiger partial charge in [-0.05, 0) is 6.42 Å². The van der Waals surface area contributed by atoms with Gasteiger partial charge >= 0.3 is 0 Å². The Morgan fingerprint density at radius 2 is 2.15 bits per heavy atom. The van der Waals surface area contributed by atoms with E-state index in [2.05, 4.69) is 22.6 Å². The Morgan fingerprint density at radius 3 is 2.62 bits per heavy atom. The minimum Gasteiger partial charge on any atom is -0.372 e. The number of ether oxygens (including phenoxy) is 1. The fraction of sp³-hybridized carbons (Fsp3) is 0.833. The number of carbonyl (C=O) groups excluding carboxylic acids is 1. The summed E-state index contributed by atoms with van der Waals surface area (Å²) in [7, 11) is -3.45. The first-order valence-corrected chi connectivity index (χ1v) is 7.01. The first-order valence-electron chi connectivity index (χ1n) is 3.60. The summed E-state index contributed by atoms with van der Waals surface area (Å²) in [6.07, 6.45) is 1.78. The Kier molecular flexibility index (Phi) is 6.60. The molecular weight excluding hydrogens is 309 g/mol. The lowest BCUT2D eigenvalue weighted by molar-refractivity contribution is -0.123. The van der Waals surface area contributed by atoms with E-state index in [1.807, 2.05) is 0 Å². The van der Waals surface area contributed by atoms with Crippen molar-refractivity contribution in [3.8, 4) is 0 Å². The Labute approximate surface area is 91.4 Å². The number of hydrogen-bond acceptors (Lipinski definition) is 4. The highest BCUT2D eigenvalue weighted by atomic mass is 127. The summed E-state index contributed by atoms with van der Waals surface area (Å²) < 4.78 is 28.7. The van der Waals surface area contributed by atoms with Crippen LogP contribution in [0.4, 0.5) is 0 Å². The molecule has 13 heavy (non-hydrogen) atoms. The van der Waals surface area contributed by atoms with Crippen molar-refractivity contribution >= 4 is 38.5 Å². The number of sulfonamides is 1. The van der Waals surface area contributed by atoms with Crippen molar-refractivity contribution in [2.75, 3.05) is 23.9 Å². The van der Waals surface area contributed by atoms with Crippen LogP contribution in [0.1, 0.15) is 6.42 Å². The van der Waals surface area contributed by atoms with E-state index in [1.54, 1.807) is 4.72 Å². The van der Waals surface area contributed by atoms with Gasteiger partial charge in [-0.2, -0.15) is 0 Å². The summed E-state index contributed by atoms with van der Waals surface area (Å²) in [5.41, 5.74) is 0. The van der Waals surface area contributed by atoms with Gasteiger partial charge in [0.25, 0.3) is 5.91 Å². The topological polar surface area (TPSA) is 72.5 Å². The first kappa shape index (κ1) is 13.1. The van der Waals surface area contributed by atoms with Gasteiger partial charge < -0.3 is 4.74 Å². The van der Waals surface area contributed by atoms with Crippen molar-refractivity contribution in [2.45, 2.75) is 6.42 Å². The molecule has 0 aliphatic heterocycles. The molecule has 0 fully saturated rings. The average molecular weight is 321 g/mol. The van der Waals surface area contributed by atoms with Gasteiger partial charge in [-0.15, -0.1) is 0 Å². The summed E-state index contributed by atoms with van der Waals surface area (Å²) >= 11 is 2.19. The molecule has 0 aliphatic carbocycles. The lowest BCUT2D eigenvalue weighted by atomic mass is 10.5. The van der Waals surface area contributed by atoms with E-state index in [4.69, 9.17) is 4.74 Å². The first-order chi connectivity index (χ1) is 5.95. The molecule has 0 heterocycles. The molecule has 0 saturated carbocycles. The molecule has 1 amide bonds. The number of amides is 1. The van der Waals surface area contributed by atoms with Crippen molar-refractivity contribution in [1.82, 2.24) is 4.72 Å². The molecule has 5 nitrogen and oxygen atoms in total. The number of rotatable bonds is 6. The fourth-order valence-corrected chi connectivity index (χ4v) is 1.34. The molecule has 1 N–H and O–H groups in total. The Bertz CT molecular complexity index is 251. The van der Waals surface area contributed by atoms with Crippen LogP contribution in [0.15, 0.2) is 0 Å². The van der Waals surface area contributed by atoms with E-state index in [-0.39, 0.29) is 6.61 Å². The van der Waals surface area contributed by atoms with Crippen LogP contribution in [-0.2, 0) is 19.6 Å². The molecule has 0 unspecified atom stereocenters. The smallest absolute Gasteiger partial charge is 0.259 e. The van der Waals surface area contributed by atoms with Gasteiger partial charge in [-0.1, -0.05) is 22.6 Å². The van der Waals surface area contributed by atoms with Crippen molar-refractivity contribution in [3.63, 3.8) is 0 Å². The zero-order chi connectivity index (χ0) is 10.3. The van der Waals surface area contributed by atoms with Crippen molar-refractivity contribution in [2.24, 2.45) is 0 Å². The van der Waals surface area contributed by atoms with E-state index < -0.39 is 15.9 Å². The molecule has 0 rings (SSSR count). The monoisotopic (exact) mass is 321 g/mol. The Morgan fingerprint density at radius 1 is 1.54 bits per heavy atom. The molecule has 7 heteroatoms. The minimum absolute atomic E-state index is 0.205. The maximum atomic E-state index is 10.8. The van der Waals surface area contributed by atoms with E-state index in [9.17, 15) is 13.2 Å². The molecule has 0 spiro atoms. The molecule has 78 valence electrons. The van der Waals surface area contributed by atoms with E-state index in [0.29, 0.717) is 6.61 Å². The summed E-state index contributed by atoms with van der Waals surface area (Å²) in [6.45, 7) is 0.268. The minimum atomic E-state index is -3.45. The lowest BCUT2D eigenvalue weighted by Gasteiger charge is -2.02. The van der Waals surface area contributed by atoms with Crippen LogP contribution in [0.5, 0.6) is 0 Å². The Balaban J connectivity index is 3.53. The summed E-state index contributed by atoms with van der Waals surface area (Å²) in [4.78, 5) is 10.8. The SMILES string of the molecule is CS(=O)(=O)NC(=O)COCCCI. The fourth-order valence-electron chi connectivity index (χ4n) is 0.558. The third-order valence-corrected chi connectivity index (χ3v) is 2.32. The van der Waals surface area contributed by atoms with Crippen LogP contribution in [0.2, 0.25) is 0 Å². The molecular formula is C6H12INO4S. The van der Waals surface area contributed by atoms with Crippen molar-refractivity contribution < 1.29 is 17.9 Å². The van der Waals surface area contributed by atoms with Gasteiger partial charge in [0.15, 0.2) is 0 Å². The maximum absolute atomic E-state index is 10.8. The predicted molar refractivity (Wildman–Crippen MR) is 57.3 cm³/mol. The highest BCUT2D eigenvalue weighted by molar-refractivity contribution is 14.1. The summed E-state index contributed by atoms with van der Waals surface area (Å²) in [5.74, 6) is -0.629. The van der Waals surface area contributed by atoms with Crippen LogP contribution in [0.3, 0.4) is 0 Å². The van der Waals surface area contributed by atoms with Gasteiger partial charge in [-0.25, -0.2) is 8.42 Å². The maximum Gasteiger partial charge on any atom is 0.259 e. The van der Waals surface area contributed by atoms with Crippen LogP contribution in [0, 0.1) is 0 Å². The molecule has 0 bridgehead atoms. The van der Waals surface area contributed by atoms with E-state index in [0.717, 1.165) is 17.1 Å². The van der Waals surface area contributed by atoms with Crippen LogP contribution >= 0.6 is 22.6 Å². The zero-order valence-electron chi connectivity index (χ0n) is 7.25. The van der Waals surface area contributed by atoms with Crippen LogP contribution in [-0.4, -0.2) is 38.2 Å². The third-order valence-electron chi connectivity index (χ3n) is 0.955. The standard InChI is InChI=1S/C6H12INO4S/c1-13(10,11)8-6(9)5-12-4-2-3-7/h2-5H2,1H3,(H,8,9). The highest BCUT2D eigenvalue weighted by Gasteiger charge is 2.07.